The predicted molar refractivity (Wildman–Crippen MR) is 102 cm³/mol. The number of nitrogens with zero attached hydrogens (tertiary/aromatic N) is 2. The van der Waals surface area contributed by atoms with Crippen LogP contribution in [0.15, 0.2) is 69.4 Å². The fourth-order valence-electron chi connectivity index (χ4n) is 1.93. The van der Waals surface area contributed by atoms with Crippen LogP contribution in [0.2, 0.25) is 0 Å². The summed E-state index contributed by atoms with van der Waals surface area (Å²) in [5.41, 5.74) is 2.67. The maximum absolute atomic E-state index is 12.4. The van der Waals surface area contributed by atoms with E-state index in [1.165, 1.54) is 0 Å². The van der Waals surface area contributed by atoms with Crippen LogP contribution in [-0.4, -0.2) is 22.9 Å². The number of thioether (sulfide) groups is 1. The number of carbonyl (C=O) groups excluding carboxylic acids is 1. The Labute approximate surface area is 151 Å². The van der Waals surface area contributed by atoms with E-state index in [1.54, 1.807) is 31.1 Å². The Kier molecular flexibility index (Phi) is 6.58. The lowest BCUT2D eigenvalue weighted by atomic mass is 10.2. The number of hydrogen-bond acceptors (Lipinski definition) is 4. The Morgan fingerprint density at radius 1 is 1.21 bits per heavy atom. The van der Waals surface area contributed by atoms with Gasteiger partial charge in [-0.15, -0.1) is 11.8 Å². The van der Waals surface area contributed by atoms with Gasteiger partial charge < -0.3 is 5.32 Å². The molecule has 24 heavy (non-hydrogen) atoms. The first kappa shape index (κ1) is 18.2. The van der Waals surface area contributed by atoms with Gasteiger partial charge in [0.1, 0.15) is 5.16 Å². The maximum atomic E-state index is 12.4. The molecule has 0 saturated heterocycles. The molecule has 1 aromatic heterocycles. The number of benzene rings is 1. The van der Waals surface area contributed by atoms with Gasteiger partial charge in [-0.2, -0.15) is 0 Å². The molecule has 2 rings (SSSR count). The number of amides is 1. The standard InChI is InChI=1S/C18H18ClN3OS/c1-12(17(19)21-13(2)14-7-6-10-20-11-14)18(23)22-15-8-4-5-9-16(15)24-3/h4-11H,1-3H3,(H,22,23)/b17-12+,21-13+. The van der Waals surface area contributed by atoms with Gasteiger partial charge >= 0.3 is 0 Å². The Bertz CT molecular complexity index is 788. The van der Waals surface area contributed by atoms with Crippen LogP contribution in [0.5, 0.6) is 0 Å². The van der Waals surface area contributed by atoms with Crippen molar-refractivity contribution in [3.8, 4) is 0 Å². The van der Waals surface area contributed by atoms with E-state index >= 15 is 0 Å². The van der Waals surface area contributed by atoms with Gasteiger partial charge in [-0.1, -0.05) is 29.8 Å². The van der Waals surface area contributed by atoms with Crippen LogP contribution in [-0.2, 0) is 4.79 Å². The van der Waals surface area contributed by atoms with Crippen molar-refractivity contribution in [3.63, 3.8) is 0 Å². The Morgan fingerprint density at radius 3 is 2.62 bits per heavy atom. The highest BCUT2D eigenvalue weighted by Gasteiger charge is 2.12. The Morgan fingerprint density at radius 2 is 1.96 bits per heavy atom. The molecule has 0 aliphatic carbocycles. The molecule has 0 atom stereocenters. The molecule has 0 radical (unpaired) electrons. The number of halogens is 1. The van der Waals surface area contributed by atoms with E-state index in [0.29, 0.717) is 11.3 Å². The van der Waals surface area contributed by atoms with E-state index in [-0.39, 0.29) is 11.1 Å². The summed E-state index contributed by atoms with van der Waals surface area (Å²) in [6, 6.07) is 11.3. The molecular formula is C18H18ClN3OS. The quantitative estimate of drug-likeness (QED) is 0.363. The summed E-state index contributed by atoms with van der Waals surface area (Å²) < 4.78 is 0. The van der Waals surface area contributed by atoms with Crippen LogP contribution >= 0.6 is 23.4 Å². The van der Waals surface area contributed by atoms with Crippen molar-refractivity contribution in [3.05, 3.63) is 65.1 Å². The molecule has 4 nitrogen and oxygen atoms in total. The molecule has 1 heterocycles. The third kappa shape index (κ3) is 4.69. The van der Waals surface area contributed by atoms with Gasteiger partial charge in [0, 0.05) is 28.6 Å². The summed E-state index contributed by atoms with van der Waals surface area (Å²) in [6.45, 7) is 3.48. The van der Waals surface area contributed by atoms with Crippen LogP contribution in [0.3, 0.4) is 0 Å². The number of anilines is 1. The van der Waals surface area contributed by atoms with E-state index in [0.717, 1.165) is 16.1 Å². The number of rotatable bonds is 5. The van der Waals surface area contributed by atoms with Gasteiger partial charge in [-0.05, 0) is 38.3 Å². The largest absolute Gasteiger partial charge is 0.321 e. The third-order valence-electron chi connectivity index (χ3n) is 3.35. The van der Waals surface area contributed by atoms with Gasteiger partial charge in [-0.3, -0.25) is 9.78 Å². The fourth-order valence-corrected chi connectivity index (χ4v) is 2.70. The van der Waals surface area contributed by atoms with Crippen molar-refractivity contribution in [1.82, 2.24) is 4.98 Å². The average Bonchev–Trinajstić information content (AvgIpc) is 2.62. The molecule has 6 heteroatoms. The lowest BCUT2D eigenvalue weighted by Crippen LogP contribution is -2.14. The first-order chi connectivity index (χ1) is 11.5. The van der Waals surface area contributed by atoms with Gasteiger partial charge in [-0.25, -0.2) is 4.99 Å². The van der Waals surface area contributed by atoms with E-state index < -0.39 is 0 Å². The van der Waals surface area contributed by atoms with Crippen molar-refractivity contribution in [1.29, 1.82) is 0 Å². The van der Waals surface area contributed by atoms with Crippen molar-refractivity contribution >= 4 is 40.7 Å². The van der Waals surface area contributed by atoms with Crippen LogP contribution in [0.25, 0.3) is 0 Å². The minimum atomic E-state index is -0.274. The highest BCUT2D eigenvalue weighted by molar-refractivity contribution is 7.98. The average molecular weight is 360 g/mol. The third-order valence-corrected chi connectivity index (χ3v) is 4.51. The number of nitrogens with one attached hydrogen (secondary N) is 1. The maximum Gasteiger partial charge on any atom is 0.254 e. The SMILES string of the molecule is CSc1ccccc1NC(=O)/C(C)=C(Cl)/N=C(\C)c1cccnc1. The molecule has 1 aromatic carbocycles. The predicted octanol–water partition coefficient (Wildman–Crippen LogP) is 4.72. The zero-order valence-corrected chi connectivity index (χ0v) is 15.3. The Balaban J connectivity index is 2.20. The number of pyridine rings is 1. The molecule has 0 bridgehead atoms. The fraction of sp³-hybridized carbons (Fsp3) is 0.167. The van der Waals surface area contributed by atoms with Crippen molar-refractivity contribution < 1.29 is 4.79 Å². The zero-order valence-electron chi connectivity index (χ0n) is 13.7. The second-order valence-electron chi connectivity index (χ2n) is 5.01. The first-order valence-corrected chi connectivity index (χ1v) is 8.89. The summed E-state index contributed by atoms with van der Waals surface area (Å²) >= 11 is 7.78. The molecule has 124 valence electrons. The molecule has 0 fully saturated rings. The van der Waals surface area contributed by atoms with Crippen LogP contribution in [0, 0.1) is 0 Å². The Hall–Kier alpha value is -2.11. The molecule has 0 saturated carbocycles. The smallest absolute Gasteiger partial charge is 0.254 e. The van der Waals surface area contributed by atoms with Crippen LogP contribution < -0.4 is 5.32 Å². The van der Waals surface area contributed by atoms with Crippen molar-refractivity contribution in [2.75, 3.05) is 11.6 Å². The topological polar surface area (TPSA) is 54.4 Å². The lowest BCUT2D eigenvalue weighted by molar-refractivity contribution is -0.112. The number of aliphatic imine (C=N–C) groups is 1. The molecule has 0 aliphatic rings. The van der Waals surface area contributed by atoms with Crippen LogP contribution in [0.1, 0.15) is 19.4 Å². The number of para-hydroxylation sites is 1. The van der Waals surface area contributed by atoms with Gasteiger partial charge in [0.05, 0.1) is 11.3 Å². The highest BCUT2D eigenvalue weighted by Crippen LogP contribution is 2.25. The lowest BCUT2D eigenvalue weighted by Gasteiger charge is -2.10. The van der Waals surface area contributed by atoms with Gasteiger partial charge in [0.25, 0.3) is 5.91 Å². The zero-order chi connectivity index (χ0) is 17.5. The molecular weight excluding hydrogens is 342 g/mol. The normalized spacial score (nSPS) is 12.6. The van der Waals surface area contributed by atoms with E-state index in [4.69, 9.17) is 11.6 Å². The summed E-state index contributed by atoms with van der Waals surface area (Å²) in [5, 5.41) is 3.03. The number of hydrogen-bond donors (Lipinski definition) is 1. The molecule has 2 aromatic rings. The summed E-state index contributed by atoms with van der Waals surface area (Å²) in [6.07, 6.45) is 5.35. The highest BCUT2D eigenvalue weighted by atomic mass is 35.5. The van der Waals surface area contributed by atoms with Crippen molar-refractivity contribution in [2.24, 2.45) is 4.99 Å². The molecule has 0 aliphatic heterocycles. The van der Waals surface area contributed by atoms with Gasteiger partial charge in [0.2, 0.25) is 0 Å². The number of aromatic nitrogens is 1. The summed E-state index contributed by atoms with van der Waals surface area (Å²) in [5.74, 6) is -0.274. The molecule has 0 spiro atoms. The second-order valence-corrected chi connectivity index (χ2v) is 6.22. The molecule has 1 N–H and O–H groups in total. The van der Waals surface area contributed by atoms with E-state index in [9.17, 15) is 4.79 Å². The molecule has 1 amide bonds. The van der Waals surface area contributed by atoms with Crippen LogP contribution in [0.4, 0.5) is 5.69 Å². The summed E-state index contributed by atoms with van der Waals surface area (Å²) in [7, 11) is 0. The molecule has 0 unspecified atom stereocenters. The first-order valence-electron chi connectivity index (χ1n) is 7.29. The van der Waals surface area contributed by atoms with Crippen molar-refractivity contribution in [2.45, 2.75) is 18.7 Å². The number of carbonyl (C=O) groups is 1. The minimum absolute atomic E-state index is 0.162. The van der Waals surface area contributed by atoms with E-state index in [2.05, 4.69) is 15.3 Å². The van der Waals surface area contributed by atoms with Gasteiger partial charge in [0.15, 0.2) is 0 Å². The monoisotopic (exact) mass is 359 g/mol. The summed E-state index contributed by atoms with van der Waals surface area (Å²) in [4.78, 5) is 21.7. The van der Waals surface area contributed by atoms with E-state index in [1.807, 2.05) is 49.6 Å². The minimum Gasteiger partial charge on any atom is -0.321 e. The second kappa shape index (κ2) is 8.66.